The van der Waals surface area contributed by atoms with E-state index >= 15 is 0 Å². The van der Waals surface area contributed by atoms with Crippen molar-refractivity contribution in [3.05, 3.63) is 23.8 Å². The highest BCUT2D eigenvalue weighted by Gasteiger charge is 2.07. The van der Waals surface area contributed by atoms with Gasteiger partial charge in [-0.25, -0.2) is 0 Å². The van der Waals surface area contributed by atoms with E-state index in [4.69, 9.17) is 4.74 Å². The lowest BCUT2D eigenvalue weighted by Crippen LogP contribution is -2.05. The zero-order valence-electron chi connectivity index (χ0n) is 9.15. The fourth-order valence-corrected chi connectivity index (χ4v) is 1.27. The van der Waals surface area contributed by atoms with Gasteiger partial charge in [0.05, 0.1) is 26.3 Å². The molecule has 1 aromatic carbocycles. The summed E-state index contributed by atoms with van der Waals surface area (Å²) in [5.74, 6) is 0.187. The first-order valence-electron chi connectivity index (χ1n) is 4.65. The minimum Gasteiger partial charge on any atom is -0.495 e. The molecule has 0 atom stereocenters. The lowest BCUT2D eigenvalue weighted by molar-refractivity contribution is -0.139. The molecule has 0 aromatic heterocycles. The highest BCUT2D eigenvalue weighted by Crippen LogP contribution is 2.25. The van der Waals surface area contributed by atoms with E-state index in [-0.39, 0.29) is 12.4 Å². The van der Waals surface area contributed by atoms with Crippen LogP contribution in [0.25, 0.3) is 0 Å². The maximum absolute atomic E-state index is 11.1. The van der Waals surface area contributed by atoms with Crippen LogP contribution in [0.4, 0.5) is 5.69 Å². The molecule has 5 nitrogen and oxygen atoms in total. The van der Waals surface area contributed by atoms with Crippen molar-refractivity contribution >= 4 is 18.1 Å². The Morgan fingerprint density at radius 3 is 2.75 bits per heavy atom. The van der Waals surface area contributed by atoms with Crippen molar-refractivity contribution in [2.24, 2.45) is 0 Å². The van der Waals surface area contributed by atoms with Crippen molar-refractivity contribution in [3.63, 3.8) is 0 Å². The first-order valence-corrected chi connectivity index (χ1v) is 4.65. The summed E-state index contributed by atoms with van der Waals surface area (Å²) in [6.45, 7) is 0. The molecule has 0 aliphatic heterocycles. The third-order valence-corrected chi connectivity index (χ3v) is 2.06. The van der Waals surface area contributed by atoms with Crippen LogP contribution < -0.4 is 10.1 Å². The Balaban J connectivity index is 2.90. The van der Waals surface area contributed by atoms with E-state index in [2.05, 4.69) is 10.1 Å². The van der Waals surface area contributed by atoms with Crippen LogP contribution in [0.15, 0.2) is 18.2 Å². The monoisotopic (exact) mass is 223 g/mol. The van der Waals surface area contributed by atoms with Gasteiger partial charge >= 0.3 is 5.97 Å². The second-order valence-corrected chi connectivity index (χ2v) is 3.05. The summed E-state index contributed by atoms with van der Waals surface area (Å²) in [6, 6.07) is 5.08. The highest BCUT2D eigenvalue weighted by atomic mass is 16.5. The van der Waals surface area contributed by atoms with Crippen molar-refractivity contribution in [2.45, 2.75) is 6.42 Å². The van der Waals surface area contributed by atoms with Crippen LogP contribution in [-0.4, -0.2) is 26.6 Å². The predicted molar refractivity (Wildman–Crippen MR) is 58.4 cm³/mol. The normalized spacial score (nSPS) is 9.38. The molecule has 86 valence electrons. The minimum atomic E-state index is -0.321. The van der Waals surface area contributed by atoms with Crippen molar-refractivity contribution in [3.8, 4) is 5.75 Å². The predicted octanol–water partition coefficient (Wildman–Crippen LogP) is 0.979. The van der Waals surface area contributed by atoms with Crippen LogP contribution >= 0.6 is 0 Å². The smallest absolute Gasteiger partial charge is 0.309 e. The molecule has 1 aromatic rings. The van der Waals surface area contributed by atoms with Crippen molar-refractivity contribution < 1.29 is 19.1 Å². The Morgan fingerprint density at radius 2 is 2.19 bits per heavy atom. The van der Waals surface area contributed by atoms with Gasteiger partial charge in [0.15, 0.2) is 0 Å². The van der Waals surface area contributed by atoms with Gasteiger partial charge in [-0.2, -0.15) is 0 Å². The third-order valence-electron chi connectivity index (χ3n) is 2.06. The van der Waals surface area contributed by atoms with Gasteiger partial charge in [0.1, 0.15) is 5.75 Å². The number of hydrogen-bond donors (Lipinski definition) is 1. The lowest BCUT2D eigenvalue weighted by Gasteiger charge is -2.08. The second kappa shape index (κ2) is 5.75. The van der Waals surface area contributed by atoms with E-state index in [1.807, 2.05) is 0 Å². The first kappa shape index (κ1) is 12.0. The van der Waals surface area contributed by atoms with Gasteiger partial charge in [0, 0.05) is 0 Å². The molecule has 5 heteroatoms. The lowest BCUT2D eigenvalue weighted by atomic mass is 10.1. The molecule has 0 heterocycles. The number of esters is 1. The molecule has 0 spiro atoms. The zero-order chi connectivity index (χ0) is 12.0. The number of hydrogen-bond acceptors (Lipinski definition) is 4. The van der Waals surface area contributed by atoms with Gasteiger partial charge < -0.3 is 14.8 Å². The standard InChI is InChI=1S/C11H13NO4/c1-15-10-5-8(6-11(14)16-2)3-4-9(10)12-7-13/h3-5,7H,6H2,1-2H3,(H,12,13). The van der Waals surface area contributed by atoms with E-state index in [9.17, 15) is 9.59 Å². The van der Waals surface area contributed by atoms with Crippen molar-refractivity contribution in [1.82, 2.24) is 0 Å². The Bertz CT molecular complexity index is 390. The molecular formula is C11H13NO4. The summed E-state index contributed by atoms with van der Waals surface area (Å²) < 4.78 is 9.63. The number of carbonyl (C=O) groups is 2. The summed E-state index contributed by atoms with van der Waals surface area (Å²) in [7, 11) is 2.83. The average Bonchev–Trinajstić information content (AvgIpc) is 2.31. The summed E-state index contributed by atoms with van der Waals surface area (Å²) in [4.78, 5) is 21.4. The quantitative estimate of drug-likeness (QED) is 0.597. The summed E-state index contributed by atoms with van der Waals surface area (Å²) in [5.41, 5.74) is 1.33. The largest absolute Gasteiger partial charge is 0.495 e. The number of amides is 1. The van der Waals surface area contributed by atoms with E-state index in [0.29, 0.717) is 17.8 Å². The van der Waals surface area contributed by atoms with E-state index in [1.54, 1.807) is 18.2 Å². The molecule has 1 N–H and O–H groups in total. The third kappa shape index (κ3) is 2.98. The number of rotatable bonds is 5. The fourth-order valence-electron chi connectivity index (χ4n) is 1.27. The molecule has 0 saturated carbocycles. The van der Waals surface area contributed by atoms with Gasteiger partial charge in [0.25, 0.3) is 0 Å². The summed E-state index contributed by atoms with van der Waals surface area (Å²) in [6.07, 6.45) is 0.742. The van der Waals surface area contributed by atoms with Crippen molar-refractivity contribution in [1.29, 1.82) is 0 Å². The average molecular weight is 223 g/mol. The number of benzene rings is 1. The number of carbonyl (C=O) groups excluding carboxylic acids is 2. The SMILES string of the molecule is COC(=O)Cc1ccc(NC=O)c(OC)c1. The fraction of sp³-hybridized carbons (Fsp3) is 0.273. The molecule has 16 heavy (non-hydrogen) atoms. The molecule has 0 aliphatic carbocycles. The van der Waals surface area contributed by atoms with Crippen LogP contribution in [0.1, 0.15) is 5.56 Å². The molecular weight excluding hydrogens is 210 g/mol. The zero-order valence-corrected chi connectivity index (χ0v) is 9.15. The first-order chi connectivity index (χ1) is 7.71. The van der Waals surface area contributed by atoms with Crippen LogP contribution in [-0.2, 0) is 20.7 Å². The number of ether oxygens (including phenoxy) is 2. The van der Waals surface area contributed by atoms with Crippen LogP contribution in [0.5, 0.6) is 5.75 Å². The molecule has 1 amide bonds. The van der Waals surface area contributed by atoms with Gasteiger partial charge in [-0.1, -0.05) is 6.07 Å². The van der Waals surface area contributed by atoms with Gasteiger partial charge in [-0.05, 0) is 17.7 Å². The number of nitrogens with one attached hydrogen (secondary N) is 1. The molecule has 0 radical (unpaired) electrons. The minimum absolute atomic E-state index is 0.175. The summed E-state index contributed by atoms with van der Waals surface area (Å²) in [5, 5.41) is 2.50. The van der Waals surface area contributed by atoms with Gasteiger partial charge in [0.2, 0.25) is 6.41 Å². The Labute approximate surface area is 93.4 Å². The van der Waals surface area contributed by atoms with Crippen LogP contribution in [0, 0.1) is 0 Å². The second-order valence-electron chi connectivity index (χ2n) is 3.05. The Morgan fingerprint density at radius 1 is 1.44 bits per heavy atom. The van der Waals surface area contributed by atoms with E-state index < -0.39 is 0 Å². The van der Waals surface area contributed by atoms with E-state index in [1.165, 1.54) is 14.2 Å². The maximum atomic E-state index is 11.1. The number of anilines is 1. The molecule has 0 aliphatic rings. The molecule has 1 rings (SSSR count). The topological polar surface area (TPSA) is 64.6 Å². The highest BCUT2D eigenvalue weighted by molar-refractivity contribution is 5.77. The molecule has 0 unspecified atom stereocenters. The number of methoxy groups -OCH3 is 2. The van der Waals surface area contributed by atoms with Crippen LogP contribution in [0.2, 0.25) is 0 Å². The Kier molecular flexibility index (Phi) is 4.32. The maximum Gasteiger partial charge on any atom is 0.309 e. The van der Waals surface area contributed by atoms with E-state index in [0.717, 1.165) is 5.56 Å². The van der Waals surface area contributed by atoms with Gasteiger partial charge in [-0.3, -0.25) is 9.59 Å². The van der Waals surface area contributed by atoms with Crippen molar-refractivity contribution in [2.75, 3.05) is 19.5 Å². The Hall–Kier alpha value is -2.04. The summed E-state index contributed by atoms with van der Waals surface area (Å²) >= 11 is 0. The molecule has 0 fully saturated rings. The molecule has 0 saturated heterocycles. The molecule has 0 bridgehead atoms. The van der Waals surface area contributed by atoms with Crippen LogP contribution in [0.3, 0.4) is 0 Å². The van der Waals surface area contributed by atoms with Gasteiger partial charge in [-0.15, -0.1) is 0 Å².